The molecule has 0 aromatic heterocycles. The highest BCUT2D eigenvalue weighted by Gasteiger charge is 2.25. The molecule has 1 nitrogen and oxygen atoms in total. The molecule has 1 saturated carbocycles. The van der Waals surface area contributed by atoms with E-state index in [0.717, 1.165) is 13.1 Å². The van der Waals surface area contributed by atoms with Gasteiger partial charge in [-0.15, -0.1) is 5.92 Å². The maximum atomic E-state index is 3.42. The highest BCUT2D eigenvalue weighted by atomic mass is 14.9. The summed E-state index contributed by atoms with van der Waals surface area (Å²) in [5, 5.41) is 3.42. The van der Waals surface area contributed by atoms with E-state index in [1.165, 1.54) is 32.1 Å². The summed E-state index contributed by atoms with van der Waals surface area (Å²) >= 11 is 0. The second-order valence-electron chi connectivity index (χ2n) is 4.40. The summed E-state index contributed by atoms with van der Waals surface area (Å²) in [4.78, 5) is 0. The molecule has 0 aromatic carbocycles. The predicted molar refractivity (Wildman–Crippen MR) is 57.5 cm³/mol. The molecule has 0 amide bonds. The van der Waals surface area contributed by atoms with Crippen molar-refractivity contribution in [1.82, 2.24) is 5.32 Å². The van der Waals surface area contributed by atoms with Crippen molar-refractivity contribution in [3.63, 3.8) is 0 Å². The van der Waals surface area contributed by atoms with Crippen molar-refractivity contribution in [2.24, 2.45) is 5.41 Å². The lowest BCUT2D eigenvalue weighted by Crippen LogP contribution is -2.33. The number of rotatable bonds is 3. The zero-order valence-corrected chi connectivity index (χ0v) is 8.95. The fraction of sp³-hybridized carbons (Fsp3) is 0.833. The molecule has 0 heterocycles. The van der Waals surface area contributed by atoms with E-state index in [4.69, 9.17) is 0 Å². The first-order valence-electron chi connectivity index (χ1n) is 5.37. The standard InChI is InChI=1S/C12H21N/c1-3-4-10-13-11-12(2)8-6-5-7-9-12/h13H,5-11H2,1-2H3. The molecule has 1 aliphatic carbocycles. The Kier molecular flexibility index (Phi) is 4.32. The van der Waals surface area contributed by atoms with Crippen molar-refractivity contribution in [3.05, 3.63) is 0 Å². The summed E-state index contributed by atoms with van der Waals surface area (Å²) < 4.78 is 0. The second-order valence-corrected chi connectivity index (χ2v) is 4.40. The average Bonchev–Trinajstić information content (AvgIpc) is 2.14. The largest absolute Gasteiger partial charge is 0.306 e. The van der Waals surface area contributed by atoms with Crippen molar-refractivity contribution in [3.8, 4) is 11.8 Å². The lowest BCUT2D eigenvalue weighted by atomic mass is 9.76. The van der Waals surface area contributed by atoms with Crippen LogP contribution in [0.1, 0.15) is 46.0 Å². The van der Waals surface area contributed by atoms with E-state index in [0.29, 0.717) is 5.41 Å². The van der Waals surface area contributed by atoms with Gasteiger partial charge in [-0.3, -0.25) is 0 Å². The monoisotopic (exact) mass is 179 g/mol. The minimum Gasteiger partial charge on any atom is -0.306 e. The van der Waals surface area contributed by atoms with Crippen LogP contribution in [0.3, 0.4) is 0 Å². The normalized spacial score (nSPS) is 20.5. The van der Waals surface area contributed by atoms with Crippen LogP contribution in [0.2, 0.25) is 0 Å². The Hall–Kier alpha value is -0.480. The van der Waals surface area contributed by atoms with Gasteiger partial charge in [-0.1, -0.05) is 32.1 Å². The minimum absolute atomic E-state index is 0.549. The van der Waals surface area contributed by atoms with Gasteiger partial charge < -0.3 is 5.32 Å². The van der Waals surface area contributed by atoms with E-state index in [2.05, 4.69) is 24.1 Å². The van der Waals surface area contributed by atoms with Crippen molar-refractivity contribution in [2.75, 3.05) is 13.1 Å². The zero-order chi connectivity index (χ0) is 9.57. The van der Waals surface area contributed by atoms with Crippen LogP contribution in [0.5, 0.6) is 0 Å². The molecule has 0 unspecified atom stereocenters. The van der Waals surface area contributed by atoms with Crippen LogP contribution in [-0.2, 0) is 0 Å². The van der Waals surface area contributed by atoms with Gasteiger partial charge in [-0.2, -0.15) is 0 Å². The molecular formula is C12H21N. The van der Waals surface area contributed by atoms with Gasteiger partial charge in [0.2, 0.25) is 0 Å². The molecule has 0 aromatic rings. The Balaban J connectivity index is 2.19. The number of nitrogens with one attached hydrogen (secondary N) is 1. The quantitative estimate of drug-likeness (QED) is 0.518. The Morgan fingerprint density at radius 1 is 1.23 bits per heavy atom. The van der Waals surface area contributed by atoms with Crippen LogP contribution >= 0.6 is 0 Å². The van der Waals surface area contributed by atoms with E-state index in [9.17, 15) is 0 Å². The first-order valence-corrected chi connectivity index (χ1v) is 5.37. The van der Waals surface area contributed by atoms with Gasteiger partial charge in [-0.25, -0.2) is 0 Å². The highest BCUT2D eigenvalue weighted by molar-refractivity contribution is 4.97. The Labute approximate surface area is 82.3 Å². The predicted octanol–water partition coefficient (Wildman–Crippen LogP) is 2.57. The first kappa shape index (κ1) is 10.6. The van der Waals surface area contributed by atoms with Gasteiger partial charge in [0.05, 0.1) is 6.54 Å². The molecule has 0 atom stereocenters. The van der Waals surface area contributed by atoms with Crippen LogP contribution in [0.15, 0.2) is 0 Å². The lowest BCUT2D eigenvalue weighted by molar-refractivity contribution is 0.211. The Morgan fingerprint density at radius 3 is 2.54 bits per heavy atom. The van der Waals surface area contributed by atoms with E-state index in [-0.39, 0.29) is 0 Å². The highest BCUT2D eigenvalue weighted by Crippen LogP contribution is 2.34. The molecule has 1 fully saturated rings. The molecule has 1 aliphatic rings. The minimum atomic E-state index is 0.549. The van der Waals surface area contributed by atoms with E-state index < -0.39 is 0 Å². The summed E-state index contributed by atoms with van der Waals surface area (Å²) in [5.41, 5.74) is 0.549. The second kappa shape index (κ2) is 5.29. The van der Waals surface area contributed by atoms with Gasteiger partial charge in [-0.05, 0) is 25.2 Å². The summed E-state index contributed by atoms with van der Waals surface area (Å²) in [5.74, 6) is 5.95. The molecule has 0 aliphatic heterocycles. The van der Waals surface area contributed by atoms with E-state index >= 15 is 0 Å². The van der Waals surface area contributed by atoms with Crippen LogP contribution in [-0.4, -0.2) is 13.1 Å². The third kappa shape index (κ3) is 3.83. The van der Waals surface area contributed by atoms with Gasteiger partial charge in [0.25, 0.3) is 0 Å². The Morgan fingerprint density at radius 2 is 1.92 bits per heavy atom. The van der Waals surface area contributed by atoms with Crippen molar-refractivity contribution < 1.29 is 0 Å². The molecule has 74 valence electrons. The van der Waals surface area contributed by atoms with Gasteiger partial charge >= 0.3 is 0 Å². The third-order valence-electron chi connectivity index (χ3n) is 3.00. The molecule has 0 spiro atoms. The molecule has 1 heteroatoms. The molecule has 1 rings (SSSR count). The van der Waals surface area contributed by atoms with E-state index in [1.807, 2.05) is 6.92 Å². The summed E-state index contributed by atoms with van der Waals surface area (Å²) in [7, 11) is 0. The third-order valence-corrected chi connectivity index (χ3v) is 3.00. The molecule has 0 radical (unpaired) electrons. The molecule has 0 saturated heterocycles. The van der Waals surface area contributed by atoms with Crippen LogP contribution in [0.4, 0.5) is 0 Å². The zero-order valence-electron chi connectivity index (χ0n) is 8.95. The van der Waals surface area contributed by atoms with Crippen LogP contribution in [0.25, 0.3) is 0 Å². The van der Waals surface area contributed by atoms with Crippen molar-refractivity contribution in [1.29, 1.82) is 0 Å². The average molecular weight is 179 g/mol. The smallest absolute Gasteiger partial charge is 0.0576 e. The summed E-state index contributed by atoms with van der Waals surface area (Å²) in [6.45, 7) is 6.29. The van der Waals surface area contributed by atoms with Crippen LogP contribution in [0, 0.1) is 17.3 Å². The molecule has 13 heavy (non-hydrogen) atoms. The summed E-state index contributed by atoms with van der Waals surface area (Å²) in [6.07, 6.45) is 7.04. The SMILES string of the molecule is CC#CCNCC1(C)CCCCC1. The first-order chi connectivity index (χ1) is 6.27. The Bertz CT molecular complexity index is 191. The maximum Gasteiger partial charge on any atom is 0.0576 e. The molecular weight excluding hydrogens is 158 g/mol. The van der Waals surface area contributed by atoms with Gasteiger partial charge in [0.1, 0.15) is 0 Å². The lowest BCUT2D eigenvalue weighted by Gasteiger charge is -2.33. The van der Waals surface area contributed by atoms with Crippen molar-refractivity contribution in [2.45, 2.75) is 46.0 Å². The molecule has 0 bridgehead atoms. The topological polar surface area (TPSA) is 12.0 Å². The summed E-state index contributed by atoms with van der Waals surface area (Å²) in [6, 6.07) is 0. The van der Waals surface area contributed by atoms with Crippen LogP contribution < -0.4 is 5.32 Å². The van der Waals surface area contributed by atoms with Crippen molar-refractivity contribution >= 4 is 0 Å². The van der Waals surface area contributed by atoms with Gasteiger partial charge in [0.15, 0.2) is 0 Å². The molecule has 1 N–H and O–H groups in total. The fourth-order valence-corrected chi connectivity index (χ4v) is 2.10. The van der Waals surface area contributed by atoms with Gasteiger partial charge in [0, 0.05) is 6.54 Å². The number of hydrogen-bond donors (Lipinski definition) is 1. The number of hydrogen-bond acceptors (Lipinski definition) is 1. The fourth-order valence-electron chi connectivity index (χ4n) is 2.10. The van der Waals surface area contributed by atoms with E-state index in [1.54, 1.807) is 0 Å². The maximum absolute atomic E-state index is 3.42.